The summed E-state index contributed by atoms with van der Waals surface area (Å²) >= 11 is 0. The van der Waals surface area contributed by atoms with Crippen LogP contribution in [0.4, 0.5) is 11.8 Å². The van der Waals surface area contributed by atoms with Crippen molar-refractivity contribution in [2.75, 3.05) is 17.2 Å². The van der Waals surface area contributed by atoms with Crippen LogP contribution in [0.2, 0.25) is 0 Å². The summed E-state index contributed by atoms with van der Waals surface area (Å²) in [5, 5.41) is 6.86. The normalized spacial score (nSPS) is 16.9. The number of hydrogen-bond acceptors (Lipinski definition) is 4. The highest BCUT2D eigenvalue weighted by Gasteiger charge is 2.14. The van der Waals surface area contributed by atoms with Gasteiger partial charge in [0.2, 0.25) is 5.95 Å². The van der Waals surface area contributed by atoms with E-state index >= 15 is 0 Å². The van der Waals surface area contributed by atoms with Crippen LogP contribution in [0.5, 0.6) is 0 Å². The maximum atomic E-state index is 4.60. The molecular weight excluding hydrogens is 236 g/mol. The van der Waals surface area contributed by atoms with Crippen molar-refractivity contribution >= 4 is 11.8 Å². The summed E-state index contributed by atoms with van der Waals surface area (Å²) < 4.78 is 0. The predicted octanol–water partition coefficient (Wildman–Crippen LogP) is 3.74. The van der Waals surface area contributed by atoms with Crippen molar-refractivity contribution in [1.29, 1.82) is 0 Å². The van der Waals surface area contributed by atoms with E-state index in [1.165, 1.54) is 38.5 Å². The fourth-order valence-electron chi connectivity index (χ4n) is 2.53. The fourth-order valence-corrected chi connectivity index (χ4v) is 2.53. The quantitative estimate of drug-likeness (QED) is 0.794. The molecule has 0 atom stereocenters. The summed E-state index contributed by atoms with van der Waals surface area (Å²) in [7, 11) is 0. The van der Waals surface area contributed by atoms with E-state index in [2.05, 4.69) is 34.4 Å². The largest absolute Gasteiger partial charge is 0.367 e. The molecule has 0 aliphatic heterocycles. The minimum atomic E-state index is 0.579. The minimum Gasteiger partial charge on any atom is -0.367 e. The second-order valence-electron chi connectivity index (χ2n) is 5.48. The van der Waals surface area contributed by atoms with Gasteiger partial charge in [-0.1, -0.05) is 32.6 Å². The molecule has 1 fully saturated rings. The Labute approximate surface area is 116 Å². The molecule has 0 amide bonds. The van der Waals surface area contributed by atoms with Crippen molar-refractivity contribution in [2.45, 2.75) is 64.8 Å². The van der Waals surface area contributed by atoms with Gasteiger partial charge in [-0.3, -0.25) is 0 Å². The second kappa shape index (κ2) is 7.31. The molecule has 4 heteroatoms. The Morgan fingerprint density at radius 2 is 1.95 bits per heavy atom. The first kappa shape index (κ1) is 14.1. The Morgan fingerprint density at radius 3 is 2.63 bits per heavy atom. The van der Waals surface area contributed by atoms with E-state index in [4.69, 9.17) is 0 Å². The van der Waals surface area contributed by atoms with E-state index in [1.54, 1.807) is 0 Å². The summed E-state index contributed by atoms with van der Waals surface area (Å²) in [4.78, 5) is 8.93. The molecule has 0 saturated heterocycles. The molecule has 1 aliphatic rings. The fraction of sp³-hybridized carbons (Fsp3) is 0.733. The number of aromatic nitrogens is 2. The Balaban J connectivity index is 2.00. The summed E-state index contributed by atoms with van der Waals surface area (Å²) in [5.74, 6) is 1.74. The molecule has 0 spiro atoms. The molecule has 2 N–H and O–H groups in total. The van der Waals surface area contributed by atoms with Crippen LogP contribution in [0, 0.1) is 6.92 Å². The number of anilines is 2. The van der Waals surface area contributed by atoms with E-state index in [-0.39, 0.29) is 0 Å². The third kappa shape index (κ3) is 4.37. The molecule has 1 aromatic rings. The first-order valence-electron chi connectivity index (χ1n) is 7.63. The van der Waals surface area contributed by atoms with Crippen molar-refractivity contribution in [3.8, 4) is 0 Å². The van der Waals surface area contributed by atoms with Gasteiger partial charge >= 0.3 is 0 Å². The molecular formula is C15H26N4. The van der Waals surface area contributed by atoms with Crippen LogP contribution in [-0.4, -0.2) is 22.6 Å². The maximum Gasteiger partial charge on any atom is 0.224 e. The molecule has 1 aromatic heterocycles. The van der Waals surface area contributed by atoms with Crippen LogP contribution in [-0.2, 0) is 0 Å². The summed E-state index contributed by atoms with van der Waals surface area (Å²) in [6.07, 6.45) is 11.0. The van der Waals surface area contributed by atoms with Crippen LogP contribution in [0.15, 0.2) is 6.20 Å². The van der Waals surface area contributed by atoms with Crippen molar-refractivity contribution in [3.05, 3.63) is 11.8 Å². The van der Waals surface area contributed by atoms with Crippen molar-refractivity contribution in [3.63, 3.8) is 0 Å². The van der Waals surface area contributed by atoms with Gasteiger partial charge in [0.15, 0.2) is 0 Å². The standard InChI is InChI=1S/C15H26N4/c1-3-10-16-15-17-11-12(2)14(19-15)18-13-8-6-4-5-7-9-13/h11,13H,3-10H2,1-2H3,(H2,16,17,18,19). The monoisotopic (exact) mass is 262 g/mol. The van der Waals surface area contributed by atoms with Crippen LogP contribution in [0.25, 0.3) is 0 Å². The van der Waals surface area contributed by atoms with Crippen molar-refractivity contribution in [2.24, 2.45) is 0 Å². The Morgan fingerprint density at radius 1 is 1.21 bits per heavy atom. The average molecular weight is 262 g/mol. The van der Waals surface area contributed by atoms with E-state index in [0.29, 0.717) is 6.04 Å². The van der Waals surface area contributed by atoms with E-state index in [0.717, 1.165) is 30.3 Å². The van der Waals surface area contributed by atoms with Crippen molar-refractivity contribution < 1.29 is 0 Å². The lowest BCUT2D eigenvalue weighted by Crippen LogP contribution is -2.20. The molecule has 0 aromatic carbocycles. The number of aryl methyl sites for hydroxylation is 1. The van der Waals surface area contributed by atoms with E-state index < -0.39 is 0 Å². The number of hydrogen-bond donors (Lipinski definition) is 2. The smallest absolute Gasteiger partial charge is 0.224 e. The molecule has 19 heavy (non-hydrogen) atoms. The molecule has 0 radical (unpaired) electrons. The molecule has 106 valence electrons. The Bertz CT molecular complexity index is 384. The summed E-state index contributed by atoms with van der Waals surface area (Å²) in [5.41, 5.74) is 1.13. The lowest BCUT2D eigenvalue weighted by molar-refractivity contribution is 0.617. The number of nitrogens with one attached hydrogen (secondary N) is 2. The van der Waals surface area contributed by atoms with Gasteiger partial charge in [-0.25, -0.2) is 4.98 Å². The van der Waals surface area contributed by atoms with Crippen molar-refractivity contribution in [1.82, 2.24) is 9.97 Å². The van der Waals surface area contributed by atoms with Crippen LogP contribution >= 0.6 is 0 Å². The maximum absolute atomic E-state index is 4.60. The van der Waals surface area contributed by atoms with E-state index in [9.17, 15) is 0 Å². The van der Waals surface area contributed by atoms with Gasteiger partial charge in [-0.05, 0) is 26.2 Å². The Kier molecular flexibility index (Phi) is 5.43. The zero-order valence-corrected chi connectivity index (χ0v) is 12.2. The lowest BCUT2D eigenvalue weighted by atomic mass is 10.1. The lowest BCUT2D eigenvalue weighted by Gasteiger charge is -2.18. The Hall–Kier alpha value is -1.32. The minimum absolute atomic E-state index is 0.579. The predicted molar refractivity (Wildman–Crippen MR) is 80.7 cm³/mol. The van der Waals surface area contributed by atoms with Gasteiger partial charge in [0.1, 0.15) is 5.82 Å². The number of rotatable bonds is 5. The van der Waals surface area contributed by atoms with Gasteiger partial charge in [-0.2, -0.15) is 4.98 Å². The molecule has 0 unspecified atom stereocenters. The van der Waals surface area contributed by atoms with Gasteiger partial charge in [-0.15, -0.1) is 0 Å². The van der Waals surface area contributed by atoms with E-state index in [1.807, 2.05) is 6.20 Å². The SMILES string of the molecule is CCCNc1ncc(C)c(NC2CCCCCC2)n1. The van der Waals surface area contributed by atoms with Crippen LogP contribution < -0.4 is 10.6 Å². The zero-order valence-electron chi connectivity index (χ0n) is 12.2. The molecule has 1 aliphatic carbocycles. The highest BCUT2D eigenvalue weighted by molar-refractivity contribution is 5.47. The highest BCUT2D eigenvalue weighted by atomic mass is 15.1. The van der Waals surface area contributed by atoms with Crippen LogP contribution in [0.1, 0.15) is 57.4 Å². The molecule has 2 rings (SSSR count). The highest BCUT2D eigenvalue weighted by Crippen LogP contribution is 2.22. The third-order valence-electron chi connectivity index (χ3n) is 3.70. The molecule has 0 bridgehead atoms. The third-order valence-corrected chi connectivity index (χ3v) is 3.70. The summed E-state index contributed by atoms with van der Waals surface area (Å²) in [6.45, 7) is 5.14. The average Bonchev–Trinajstić information content (AvgIpc) is 2.68. The second-order valence-corrected chi connectivity index (χ2v) is 5.48. The van der Waals surface area contributed by atoms with Crippen LogP contribution in [0.3, 0.4) is 0 Å². The van der Waals surface area contributed by atoms with Gasteiger partial charge in [0.25, 0.3) is 0 Å². The molecule has 4 nitrogen and oxygen atoms in total. The molecule has 1 saturated carbocycles. The van der Waals surface area contributed by atoms with Gasteiger partial charge < -0.3 is 10.6 Å². The first-order valence-corrected chi connectivity index (χ1v) is 7.63. The molecule has 1 heterocycles. The summed E-state index contributed by atoms with van der Waals surface area (Å²) in [6, 6.07) is 0.579. The topological polar surface area (TPSA) is 49.8 Å². The van der Waals surface area contributed by atoms with Gasteiger partial charge in [0.05, 0.1) is 0 Å². The zero-order chi connectivity index (χ0) is 13.5. The number of nitrogens with zero attached hydrogens (tertiary/aromatic N) is 2. The van der Waals surface area contributed by atoms with Gasteiger partial charge in [0, 0.05) is 24.3 Å². The first-order chi connectivity index (χ1) is 9.29.